The summed E-state index contributed by atoms with van der Waals surface area (Å²) in [6.45, 7) is 4.85. The van der Waals surface area contributed by atoms with Crippen molar-refractivity contribution < 1.29 is 23.8 Å². The number of hydrogen-bond donors (Lipinski definition) is 1. The Labute approximate surface area is 182 Å². The molecule has 0 aromatic heterocycles. The molecule has 3 amide bonds. The summed E-state index contributed by atoms with van der Waals surface area (Å²) in [7, 11) is 5.01. The number of amides is 3. The van der Waals surface area contributed by atoms with Gasteiger partial charge >= 0.3 is 6.03 Å². The van der Waals surface area contributed by atoms with Crippen LogP contribution in [-0.2, 0) is 16.9 Å². The predicted octanol–water partition coefficient (Wildman–Crippen LogP) is 2.96. The van der Waals surface area contributed by atoms with Crippen LogP contribution in [0.15, 0.2) is 42.5 Å². The van der Waals surface area contributed by atoms with E-state index in [1.54, 1.807) is 45.4 Å². The number of methoxy groups -OCH3 is 2. The first-order valence-electron chi connectivity index (χ1n) is 10.1. The van der Waals surface area contributed by atoms with E-state index in [4.69, 9.17) is 14.2 Å². The highest BCUT2D eigenvalue weighted by molar-refractivity contribution is 6.07. The minimum atomic E-state index is -1.14. The molecule has 1 saturated heterocycles. The molecule has 0 radical (unpaired) electrons. The summed E-state index contributed by atoms with van der Waals surface area (Å²) in [5.74, 6) is 1.65. The van der Waals surface area contributed by atoms with Gasteiger partial charge in [-0.15, -0.1) is 0 Å². The highest BCUT2D eigenvalue weighted by atomic mass is 16.5. The summed E-state index contributed by atoms with van der Waals surface area (Å²) in [4.78, 5) is 28.9. The van der Waals surface area contributed by atoms with Crippen LogP contribution in [0, 0.1) is 0 Å². The van der Waals surface area contributed by atoms with Gasteiger partial charge in [-0.3, -0.25) is 9.69 Å². The maximum Gasteiger partial charge on any atom is 0.326 e. The number of benzene rings is 2. The number of nitrogens with zero attached hydrogens (tertiary/aromatic N) is 2. The van der Waals surface area contributed by atoms with E-state index in [9.17, 15) is 9.59 Å². The van der Waals surface area contributed by atoms with Crippen LogP contribution in [0.25, 0.3) is 0 Å². The summed E-state index contributed by atoms with van der Waals surface area (Å²) in [6, 6.07) is 12.4. The molecule has 8 heteroatoms. The lowest BCUT2D eigenvalue weighted by Crippen LogP contribution is -2.42. The van der Waals surface area contributed by atoms with Crippen molar-refractivity contribution in [2.75, 3.05) is 34.5 Å². The quantitative estimate of drug-likeness (QED) is 0.620. The summed E-state index contributed by atoms with van der Waals surface area (Å²) in [6.07, 6.45) is 0. The second kappa shape index (κ2) is 9.26. The number of nitrogens with one attached hydrogen (secondary N) is 1. The Morgan fingerprint density at radius 2 is 1.84 bits per heavy atom. The highest BCUT2D eigenvalue weighted by Gasteiger charge is 2.49. The van der Waals surface area contributed by atoms with Crippen molar-refractivity contribution >= 4 is 11.9 Å². The van der Waals surface area contributed by atoms with Gasteiger partial charge in [-0.2, -0.15) is 0 Å². The van der Waals surface area contributed by atoms with Gasteiger partial charge in [0.05, 0.1) is 27.5 Å². The van der Waals surface area contributed by atoms with Gasteiger partial charge in [0.15, 0.2) is 11.5 Å². The third kappa shape index (κ3) is 4.59. The van der Waals surface area contributed by atoms with E-state index in [2.05, 4.69) is 5.32 Å². The Kier molecular flexibility index (Phi) is 6.70. The molecule has 2 aromatic rings. The molecule has 1 fully saturated rings. The Morgan fingerprint density at radius 1 is 1.06 bits per heavy atom. The highest BCUT2D eigenvalue weighted by Crippen LogP contribution is 2.31. The van der Waals surface area contributed by atoms with Gasteiger partial charge in [0.2, 0.25) is 0 Å². The Balaban J connectivity index is 1.72. The van der Waals surface area contributed by atoms with Crippen molar-refractivity contribution in [3.8, 4) is 17.2 Å². The maximum absolute atomic E-state index is 13.2. The van der Waals surface area contributed by atoms with Gasteiger partial charge in [0, 0.05) is 6.54 Å². The molecule has 1 N–H and O–H groups in total. The first-order chi connectivity index (χ1) is 14.8. The monoisotopic (exact) mass is 427 g/mol. The smallest absolute Gasteiger partial charge is 0.326 e. The van der Waals surface area contributed by atoms with E-state index in [1.807, 2.05) is 37.1 Å². The van der Waals surface area contributed by atoms with Crippen LogP contribution in [0.2, 0.25) is 0 Å². The van der Waals surface area contributed by atoms with Gasteiger partial charge < -0.3 is 19.5 Å². The van der Waals surface area contributed by atoms with Crippen molar-refractivity contribution in [3.63, 3.8) is 0 Å². The molecule has 0 aliphatic carbocycles. The van der Waals surface area contributed by atoms with Crippen LogP contribution in [0.1, 0.15) is 25.0 Å². The van der Waals surface area contributed by atoms with E-state index in [-0.39, 0.29) is 12.6 Å². The molecule has 1 aliphatic heterocycles. The Bertz CT molecular complexity index is 964. The molecule has 8 nitrogen and oxygen atoms in total. The minimum absolute atomic E-state index is 0.153. The van der Waals surface area contributed by atoms with Crippen LogP contribution < -0.4 is 19.5 Å². The standard InChI is InChI=1S/C23H29N3O5/c1-6-31-19-11-10-16(12-20(19)30-5)14-25(3)15-26-21(27)23(2,24-22(26)28)17-8-7-9-18(13-17)29-4/h7-13H,6,14-15H2,1-5H3,(H,24,28)/t23-/m0/s1. The molecule has 1 aliphatic rings. The van der Waals surface area contributed by atoms with Gasteiger partial charge in [-0.25, -0.2) is 9.69 Å². The van der Waals surface area contributed by atoms with Crippen molar-refractivity contribution in [1.82, 2.24) is 15.1 Å². The molecule has 0 unspecified atom stereocenters. The Morgan fingerprint density at radius 3 is 2.52 bits per heavy atom. The average Bonchev–Trinajstić information content (AvgIpc) is 2.98. The fourth-order valence-electron chi connectivity index (χ4n) is 3.64. The lowest BCUT2D eigenvalue weighted by molar-refractivity contribution is -0.132. The summed E-state index contributed by atoms with van der Waals surface area (Å²) >= 11 is 0. The average molecular weight is 428 g/mol. The van der Waals surface area contributed by atoms with E-state index in [0.717, 1.165) is 5.56 Å². The number of hydrogen-bond acceptors (Lipinski definition) is 6. The molecule has 1 atom stereocenters. The lowest BCUT2D eigenvalue weighted by atomic mass is 9.92. The molecular weight excluding hydrogens is 398 g/mol. The zero-order valence-corrected chi connectivity index (χ0v) is 18.6. The number of urea groups is 1. The van der Waals surface area contributed by atoms with Crippen LogP contribution in [-0.4, -0.2) is 56.3 Å². The Hall–Kier alpha value is -3.26. The van der Waals surface area contributed by atoms with Crippen LogP contribution in [0.3, 0.4) is 0 Å². The molecular formula is C23H29N3O5. The molecule has 2 aromatic carbocycles. The van der Waals surface area contributed by atoms with Crippen molar-refractivity contribution in [2.24, 2.45) is 0 Å². The fraction of sp³-hybridized carbons (Fsp3) is 0.391. The van der Waals surface area contributed by atoms with Crippen LogP contribution >= 0.6 is 0 Å². The van der Waals surface area contributed by atoms with Crippen molar-refractivity contribution in [2.45, 2.75) is 25.9 Å². The van der Waals surface area contributed by atoms with Crippen molar-refractivity contribution in [3.05, 3.63) is 53.6 Å². The third-order valence-electron chi connectivity index (χ3n) is 5.29. The van der Waals surface area contributed by atoms with Gasteiger partial charge in [0.1, 0.15) is 11.3 Å². The number of ether oxygens (including phenoxy) is 3. The second-order valence-corrected chi connectivity index (χ2v) is 7.59. The van der Waals surface area contributed by atoms with Gasteiger partial charge in [0.25, 0.3) is 5.91 Å². The molecule has 166 valence electrons. The third-order valence-corrected chi connectivity index (χ3v) is 5.29. The number of carbonyl (C=O) groups is 2. The molecule has 31 heavy (non-hydrogen) atoms. The lowest BCUT2D eigenvalue weighted by Gasteiger charge is -2.25. The van der Waals surface area contributed by atoms with Crippen LogP contribution in [0.5, 0.6) is 17.2 Å². The molecule has 0 saturated carbocycles. The zero-order valence-electron chi connectivity index (χ0n) is 18.6. The molecule has 0 bridgehead atoms. The normalized spacial score (nSPS) is 18.3. The molecule has 3 rings (SSSR count). The van der Waals surface area contributed by atoms with Gasteiger partial charge in [-0.1, -0.05) is 18.2 Å². The summed E-state index contributed by atoms with van der Waals surface area (Å²) in [5.41, 5.74) is 0.506. The minimum Gasteiger partial charge on any atom is -0.497 e. The zero-order chi connectivity index (χ0) is 22.6. The molecule has 0 spiro atoms. The largest absolute Gasteiger partial charge is 0.497 e. The second-order valence-electron chi connectivity index (χ2n) is 7.59. The molecule has 1 heterocycles. The topological polar surface area (TPSA) is 80.3 Å². The predicted molar refractivity (Wildman–Crippen MR) is 116 cm³/mol. The van der Waals surface area contributed by atoms with E-state index in [1.165, 1.54) is 4.90 Å². The number of carbonyl (C=O) groups excluding carboxylic acids is 2. The first kappa shape index (κ1) is 22.4. The van der Waals surface area contributed by atoms with Crippen LogP contribution in [0.4, 0.5) is 4.79 Å². The van der Waals surface area contributed by atoms with E-state index in [0.29, 0.717) is 36.0 Å². The van der Waals surface area contributed by atoms with E-state index < -0.39 is 11.6 Å². The fourth-order valence-corrected chi connectivity index (χ4v) is 3.64. The first-order valence-corrected chi connectivity index (χ1v) is 10.1. The van der Waals surface area contributed by atoms with Crippen molar-refractivity contribution in [1.29, 1.82) is 0 Å². The SMILES string of the molecule is CCOc1ccc(CN(C)CN2C(=O)N[C@@](C)(c3cccc(OC)c3)C2=O)cc1OC. The van der Waals surface area contributed by atoms with Gasteiger partial charge in [-0.05, 0) is 56.3 Å². The summed E-state index contributed by atoms with van der Waals surface area (Å²) in [5, 5.41) is 2.83. The number of rotatable bonds is 9. The maximum atomic E-state index is 13.2. The number of imide groups is 1. The van der Waals surface area contributed by atoms with E-state index >= 15 is 0 Å². The summed E-state index contributed by atoms with van der Waals surface area (Å²) < 4.78 is 16.2.